The van der Waals surface area contributed by atoms with E-state index >= 15 is 0 Å². The van der Waals surface area contributed by atoms with E-state index in [1.54, 1.807) is 6.20 Å². The lowest BCUT2D eigenvalue weighted by molar-refractivity contribution is 0.338. The molecule has 0 bridgehead atoms. The maximum absolute atomic E-state index is 6.02. The molecule has 0 aromatic carbocycles. The van der Waals surface area contributed by atoms with Gasteiger partial charge in [-0.25, -0.2) is 0 Å². The molecule has 0 spiro atoms. The van der Waals surface area contributed by atoms with Crippen molar-refractivity contribution in [1.29, 1.82) is 0 Å². The molecule has 1 unspecified atom stereocenters. The van der Waals surface area contributed by atoms with Gasteiger partial charge in [-0.05, 0) is 19.4 Å². The number of pyridine rings is 1. The lowest BCUT2D eigenvalue weighted by Gasteiger charge is -2.07. The van der Waals surface area contributed by atoms with Gasteiger partial charge in [0, 0.05) is 5.22 Å². The Bertz CT molecular complexity index is 441. The van der Waals surface area contributed by atoms with Gasteiger partial charge in [-0.3, -0.25) is 4.98 Å². The van der Waals surface area contributed by atoms with Gasteiger partial charge in [0.1, 0.15) is 5.75 Å². The fourth-order valence-electron chi connectivity index (χ4n) is 1.51. The van der Waals surface area contributed by atoms with Crippen molar-refractivity contribution >= 4 is 23.8 Å². The van der Waals surface area contributed by atoms with Crippen LogP contribution in [0, 0.1) is 0 Å². The second-order valence-corrected chi connectivity index (χ2v) is 3.76. The van der Waals surface area contributed by atoms with Crippen LogP contribution >= 0.6 is 11.6 Å². The summed E-state index contributed by atoms with van der Waals surface area (Å²) in [6.07, 6.45) is 6.69. The number of ether oxygens (including phenoxy) is 1. The number of rotatable bonds is 2. The number of nitrogens with zero attached hydrogens (tertiary/aromatic N) is 1. The van der Waals surface area contributed by atoms with Crippen LogP contribution in [0.15, 0.2) is 12.3 Å². The first-order valence-electron chi connectivity index (χ1n) is 4.74. The Balaban J connectivity index is 2.48. The van der Waals surface area contributed by atoms with Crippen LogP contribution < -0.4 is 15.3 Å². The van der Waals surface area contributed by atoms with Crippen molar-refractivity contribution in [1.82, 2.24) is 4.98 Å². The normalized spacial score (nSPS) is 19.1. The summed E-state index contributed by atoms with van der Waals surface area (Å²) in [5.74, 6) is 0.807. The monoisotopic (exact) mass is 209 g/mol. The summed E-state index contributed by atoms with van der Waals surface area (Å²) in [6, 6.07) is 1.98. The Labute approximate surface area is 87.9 Å². The van der Waals surface area contributed by atoms with Crippen molar-refractivity contribution in [3.05, 3.63) is 22.8 Å². The van der Waals surface area contributed by atoms with Crippen LogP contribution in [0.25, 0.3) is 12.2 Å². The molecule has 0 amide bonds. The molecule has 0 aliphatic heterocycles. The Morgan fingerprint density at radius 3 is 3.29 bits per heavy atom. The van der Waals surface area contributed by atoms with E-state index in [0.717, 1.165) is 22.7 Å². The van der Waals surface area contributed by atoms with Crippen LogP contribution in [0.5, 0.6) is 5.75 Å². The zero-order valence-corrected chi connectivity index (χ0v) is 8.79. The first kappa shape index (κ1) is 9.53. The summed E-state index contributed by atoms with van der Waals surface area (Å²) in [6.45, 7) is 2.62. The maximum Gasteiger partial charge on any atom is 0.138 e. The Kier molecular flexibility index (Phi) is 2.73. The summed E-state index contributed by atoms with van der Waals surface area (Å²) in [4.78, 5) is 4.30. The van der Waals surface area contributed by atoms with Crippen molar-refractivity contribution in [2.45, 2.75) is 18.7 Å². The van der Waals surface area contributed by atoms with E-state index < -0.39 is 0 Å². The highest BCUT2D eigenvalue weighted by atomic mass is 35.5. The van der Waals surface area contributed by atoms with E-state index in [9.17, 15) is 0 Å². The van der Waals surface area contributed by atoms with Crippen LogP contribution in [0.4, 0.5) is 0 Å². The first-order chi connectivity index (χ1) is 6.79. The minimum Gasteiger partial charge on any atom is -0.492 e. The van der Waals surface area contributed by atoms with E-state index in [2.05, 4.69) is 11.1 Å². The molecule has 1 aromatic rings. The van der Waals surface area contributed by atoms with Crippen LogP contribution in [0.2, 0.25) is 0 Å². The topological polar surface area (TPSA) is 22.1 Å². The number of aromatic nitrogens is 1. The van der Waals surface area contributed by atoms with Gasteiger partial charge in [0.25, 0.3) is 0 Å². The summed E-state index contributed by atoms with van der Waals surface area (Å²) in [5.41, 5.74) is 0. The largest absolute Gasteiger partial charge is 0.492 e. The van der Waals surface area contributed by atoms with Gasteiger partial charge < -0.3 is 4.74 Å². The molecular weight excluding hydrogens is 198 g/mol. The molecule has 1 aliphatic carbocycles. The summed E-state index contributed by atoms with van der Waals surface area (Å²) < 4.78 is 5.37. The second-order valence-electron chi connectivity index (χ2n) is 3.20. The highest BCUT2D eigenvalue weighted by molar-refractivity contribution is 6.24. The van der Waals surface area contributed by atoms with Crippen molar-refractivity contribution < 1.29 is 4.74 Å². The molecular formula is C11H12ClNO. The third kappa shape index (κ3) is 1.90. The average molecular weight is 210 g/mol. The fourth-order valence-corrected chi connectivity index (χ4v) is 1.73. The van der Waals surface area contributed by atoms with Gasteiger partial charge in [-0.1, -0.05) is 12.2 Å². The van der Waals surface area contributed by atoms with Crippen molar-refractivity contribution in [2.24, 2.45) is 0 Å². The SMILES string of the molecule is CCOc1cnc2c(c1)=CC(Cl)CC=2. The van der Waals surface area contributed by atoms with Gasteiger partial charge in [0.15, 0.2) is 0 Å². The highest BCUT2D eigenvalue weighted by Gasteiger charge is 2.04. The number of hydrogen-bond donors (Lipinski definition) is 0. The molecule has 2 nitrogen and oxygen atoms in total. The number of fused-ring (bicyclic) bond motifs is 1. The smallest absolute Gasteiger partial charge is 0.138 e. The van der Waals surface area contributed by atoms with Crippen LogP contribution in [-0.4, -0.2) is 17.0 Å². The molecule has 1 heterocycles. The van der Waals surface area contributed by atoms with E-state index in [1.807, 2.05) is 19.1 Å². The Morgan fingerprint density at radius 2 is 2.50 bits per heavy atom. The molecule has 0 radical (unpaired) electrons. The minimum atomic E-state index is 0.0844. The Hall–Kier alpha value is -1.02. The van der Waals surface area contributed by atoms with Gasteiger partial charge in [0.2, 0.25) is 0 Å². The number of hydrogen-bond acceptors (Lipinski definition) is 2. The first-order valence-corrected chi connectivity index (χ1v) is 5.18. The van der Waals surface area contributed by atoms with Crippen molar-refractivity contribution in [3.63, 3.8) is 0 Å². The molecule has 1 aromatic heterocycles. The third-order valence-corrected chi connectivity index (χ3v) is 2.44. The molecule has 2 rings (SSSR count). The zero-order chi connectivity index (χ0) is 9.97. The van der Waals surface area contributed by atoms with Crippen molar-refractivity contribution in [2.75, 3.05) is 6.61 Å². The molecule has 0 N–H and O–H groups in total. The van der Waals surface area contributed by atoms with Gasteiger partial charge >= 0.3 is 0 Å². The van der Waals surface area contributed by atoms with Gasteiger partial charge in [-0.2, -0.15) is 0 Å². The number of halogens is 1. The van der Waals surface area contributed by atoms with E-state index in [-0.39, 0.29) is 5.38 Å². The Morgan fingerprint density at radius 1 is 1.64 bits per heavy atom. The van der Waals surface area contributed by atoms with E-state index in [1.165, 1.54) is 0 Å². The standard InChI is InChI=1S/C11H12ClNO/c1-2-14-10-6-8-5-9(12)3-4-11(8)13-7-10/h4-7,9H,2-3H2,1H3. The quantitative estimate of drug-likeness (QED) is 0.680. The summed E-state index contributed by atoms with van der Waals surface area (Å²) in [7, 11) is 0. The predicted octanol–water partition coefficient (Wildman–Crippen LogP) is 1.05. The average Bonchev–Trinajstić information content (AvgIpc) is 2.17. The van der Waals surface area contributed by atoms with Gasteiger partial charge in [0.05, 0.1) is 23.5 Å². The summed E-state index contributed by atoms with van der Waals surface area (Å²) in [5, 5.41) is 2.16. The van der Waals surface area contributed by atoms with E-state index in [4.69, 9.17) is 16.3 Å². The molecule has 0 saturated carbocycles. The second kappa shape index (κ2) is 4.01. The summed E-state index contributed by atoms with van der Waals surface area (Å²) >= 11 is 6.02. The maximum atomic E-state index is 6.02. The fraction of sp³-hybridized carbons (Fsp3) is 0.364. The molecule has 3 heteroatoms. The highest BCUT2D eigenvalue weighted by Crippen LogP contribution is 2.08. The van der Waals surface area contributed by atoms with Crippen LogP contribution in [0.1, 0.15) is 13.3 Å². The zero-order valence-electron chi connectivity index (χ0n) is 8.03. The van der Waals surface area contributed by atoms with Crippen molar-refractivity contribution in [3.8, 4) is 5.75 Å². The molecule has 1 atom stereocenters. The molecule has 0 fully saturated rings. The molecule has 0 saturated heterocycles. The lowest BCUT2D eigenvalue weighted by atomic mass is 10.1. The number of alkyl halides is 1. The minimum absolute atomic E-state index is 0.0844. The van der Waals surface area contributed by atoms with Gasteiger partial charge in [-0.15, -0.1) is 11.6 Å². The van der Waals surface area contributed by atoms with Crippen LogP contribution in [-0.2, 0) is 0 Å². The molecule has 14 heavy (non-hydrogen) atoms. The molecule has 74 valence electrons. The lowest BCUT2D eigenvalue weighted by Crippen LogP contribution is -2.32. The predicted molar refractivity (Wildman–Crippen MR) is 57.8 cm³/mol. The molecule has 1 aliphatic rings. The third-order valence-electron chi connectivity index (χ3n) is 2.13. The van der Waals surface area contributed by atoms with Crippen LogP contribution in [0.3, 0.4) is 0 Å². The van der Waals surface area contributed by atoms with E-state index in [0.29, 0.717) is 6.61 Å².